The Hall–Kier alpha value is -1.26. The van der Waals surface area contributed by atoms with Gasteiger partial charge in [0, 0.05) is 11.6 Å². The molecule has 0 radical (unpaired) electrons. The van der Waals surface area contributed by atoms with E-state index in [1.165, 1.54) is 4.90 Å². The quantitative estimate of drug-likeness (QED) is 0.755. The summed E-state index contributed by atoms with van der Waals surface area (Å²) in [5.74, 6) is -0.942. The van der Waals surface area contributed by atoms with Gasteiger partial charge in [-0.15, -0.1) is 0 Å². The first-order valence-corrected chi connectivity index (χ1v) is 7.78. The van der Waals surface area contributed by atoms with E-state index < -0.39 is 5.97 Å². The molecule has 0 unspecified atom stereocenters. The van der Waals surface area contributed by atoms with E-state index in [9.17, 15) is 9.59 Å². The summed E-state index contributed by atoms with van der Waals surface area (Å²) >= 11 is 0. The van der Waals surface area contributed by atoms with Crippen molar-refractivity contribution >= 4 is 12.0 Å². The number of carbonyl (C=O) groups is 2. The van der Waals surface area contributed by atoms with E-state index in [0.717, 1.165) is 44.9 Å². The molecular formula is C15H28N2O3. The van der Waals surface area contributed by atoms with Crippen molar-refractivity contribution in [1.29, 1.82) is 0 Å². The van der Waals surface area contributed by atoms with E-state index in [-0.39, 0.29) is 24.2 Å². The van der Waals surface area contributed by atoms with Crippen molar-refractivity contribution in [2.45, 2.75) is 77.3 Å². The predicted octanol–water partition coefficient (Wildman–Crippen LogP) is 2.99. The van der Waals surface area contributed by atoms with Crippen LogP contribution in [0.1, 0.15) is 65.7 Å². The standard InChI is InChI=1S/C15H28N2O3/c1-4-15(5-2,6-3)16-14(20)17(11-13(18)19)12-9-7-8-10-12/h12H,4-11H2,1-3H3,(H,16,20)(H,18,19). The SMILES string of the molecule is CCC(CC)(CC)NC(=O)N(CC(=O)O)C1CCCC1. The number of carboxylic acid groups (broad SMARTS) is 1. The fourth-order valence-electron chi connectivity index (χ4n) is 3.04. The zero-order valence-electron chi connectivity index (χ0n) is 12.9. The molecule has 0 aromatic heterocycles. The Morgan fingerprint density at radius 3 is 2.05 bits per heavy atom. The molecule has 1 aliphatic rings. The normalized spacial score (nSPS) is 16.1. The van der Waals surface area contributed by atoms with E-state index in [1.54, 1.807) is 0 Å². The van der Waals surface area contributed by atoms with Crippen molar-refractivity contribution in [3.63, 3.8) is 0 Å². The molecule has 5 heteroatoms. The minimum absolute atomic E-state index is 0.0781. The molecule has 0 aromatic carbocycles. The first kappa shape index (κ1) is 16.8. The molecule has 1 rings (SSSR count). The minimum atomic E-state index is -0.942. The fraction of sp³-hybridized carbons (Fsp3) is 0.867. The number of urea groups is 1. The van der Waals surface area contributed by atoms with Crippen molar-refractivity contribution in [1.82, 2.24) is 10.2 Å². The van der Waals surface area contributed by atoms with Gasteiger partial charge in [-0.2, -0.15) is 0 Å². The number of amides is 2. The molecule has 1 aliphatic carbocycles. The Bertz CT molecular complexity index is 326. The number of hydrogen-bond acceptors (Lipinski definition) is 2. The van der Waals surface area contributed by atoms with E-state index in [2.05, 4.69) is 26.1 Å². The van der Waals surface area contributed by atoms with Crippen LogP contribution >= 0.6 is 0 Å². The summed E-state index contributed by atoms with van der Waals surface area (Å²) in [6.45, 7) is 5.98. The van der Waals surface area contributed by atoms with Crippen LogP contribution in [0.3, 0.4) is 0 Å². The number of carboxylic acids is 1. The molecule has 0 aliphatic heterocycles. The minimum Gasteiger partial charge on any atom is -0.480 e. The molecule has 1 fully saturated rings. The van der Waals surface area contributed by atoms with Crippen LogP contribution < -0.4 is 5.32 Å². The van der Waals surface area contributed by atoms with E-state index in [1.807, 2.05) is 0 Å². The molecule has 2 amide bonds. The number of carbonyl (C=O) groups excluding carboxylic acids is 1. The largest absolute Gasteiger partial charge is 0.480 e. The number of hydrogen-bond donors (Lipinski definition) is 2. The predicted molar refractivity (Wildman–Crippen MR) is 78.7 cm³/mol. The van der Waals surface area contributed by atoms with Crippen LogP contribution in [-0.4, -0.2) is 40.1 Å². The van der Waals surface area contributed by atoms with Gasteiger partial charge in [-0.25, -0.2) is 4.79 Å². The number of nitrogens with zero attached hydrogens (tertiary/aromatic N) is 1. The lowest BCUT2D eigenvalue weighted by molar-refractivity contribution is -0.138. The molecule has 0 atom stereocenters. The second kappa shape index (κ2) is 7.50. The van der Waals surface area contributed by atoms with Crippen molar-refractivity contribution < 1.29 is 14.7 Å². The van der Waals surface area contributed by atoms with Gasteiger partial charge in [0.05, 0.1) is 0 Å². The first-order valence-electron chi connectivity index (χ1n) is 7.78. The highest BCUT2D eigenvalue weighted by Gasteiger charge is 2.33. The van der Waals surface area contributed by atoms with Crippen LogP contribution in [0.4, 0.5) is 4.79 Å². The maximum Gasteiger partial charge on any atom is 0.323 e. The van der Waals surface area contributed by atoms with Gasteiger partial charge >= 0.3 is 12.0 Å². The monoisotopic (exact) mass is 284 g/mol. The van der Waals surface area contributed by atoms with Crippen molar-refractivity contribution in [3.8, 4) is 0 Å². The van der Waals surface area contributed by atoms with Gasteiger partial charge in [0.1, 0.15) is 6.54 Å². The van der Waals surface area contributed by atoms with Crippen LogP contribution in [-0.2, 0) is 4.79 Å². The summed E-state index contributed by atoms with van der Waals surface area (Å²) in [6.07, 6.45) is 6.56. The number of nitrogens with one attached hydrogen (secondary N) is 1. The van der Waals surface area contributed by atoms with Crippen LogP contribution in [0.25, 0.3) is 0 Å². The Labute approximate surface area is 121 Å². The average Bonchev–Trinajstić information content (AvgIpc) is 2.95. The van der Waals surface area contributed by atoms with Crippen LogP contribution in [0.5, 0.6) is 0 Å². The Balaban J connectivity index is 2.78. The zero-order valence-corrected chi connectivity index (χ0v) is 12.9. The molecular weight excluding hydrogens is 256 g/mol. The smallest absolute Gasteiger partial charge is 0.323 e. The number of rotatable bonds is 7. The Kier molecular flexibility index (Phi) is 6.30. The lowest BCUT2D eigenvalue weighted by atomic mass is 9.90. The summed E-state index contributed by atoms with van der Waals surface area (Å²) in [4.78, 5) is 25.1. The third kappa shape index (κ3) is 4.12. The molecule has 0 aromatic rings. The van der Waals surface area contributed by atoms with Gasteiger partial charge < -0.3 is 15.3 Å². The van der Waals surface area contributed by atoms with Gasteiger partial charge in [0.15, 0.2) is 0 Å². The lowest BCUT2D eigenvalue weighted by Gasteiger charge is -2.36. The molecule has 1 saturated carbocycles. The molecule has 2 N–H and O–H groups in total. The summed E-state index contributed by atoms with van der Waals surface area (Å²) in [5, 5.41) is 12.1. The van der Waals surface area contributed by atoms with E-state index >= 15 is 0 Å². The third-order valence-corrected chi connectivity index (χ3v) is 4.73. The highest BCUT2D eigenvalue weighted by Crippen LogP contribution is 2.25. The van der Waals surface area contributed by atoms with Gasteiger partial charge in [0.2, 0.25) is 0 Å². The zero-order chi connectivity index (χ0) is 15.2. The van der Waals surface area contributed by atoms with Gasteiger partial charge in [-0.1, -0.05) is 33.6 Å². The maximum atomic E-state index is 12.5. The van der Waals surface area contributed by atoms with Gasteiger partial charge in [0.25, 0.3) is 0 Å². The lowest BCUT2D eigenvalue weighted by Crippen LogP contribution is -2.55. The van der Waals surface area contributed by atoms with Crippen LogP contribution in [0.2, 0.25) is 0 Å². The molecule has 116 valence electrons. The summed E-state index contributed by atoms with van der Waals surface area (Å²) < 4.78 is 0. The fourth-order valence-corrected chi connectivity index (χ4v) is 3.04. The Morgan fingerprint density at radius 2 is 1.65 bits per heavy atom. The number of aliphatic carboxylic acids is 1. The first-order chi connectivity index (χ1) is 9.48. The summed E-state index contributed by atoms with van der Waals surface area (Å²) in [6, 6.07) is -0.140. The van der Waals surface area contributed by atoms with Gasteiger partial charge in [-0.05, 0) is 32.1 Å². The second-order valence-corrected chi connectivity index (χ2v) is 5.73. The topological polar surface area (TPSA) is 69.6 Å². The maximum absolute atomic E-state index is 12.5. The van der Waals surface area contributed by atoms with Crippen LogP contribution in [0.15, 0.2) is 0 Å². The van der Waals surface area contributed by atoms with Crippen molar-refractivity contribution in [3.05, 3.63) is 0 Å². The van der Waals surface area contributed by atoms with Crippen LogP contribution in [0, 0.1) is 0 Å². The average molecular weight is 284 g/mol. The molecule has 0 saturated heterocycles. The van der Waals surface area contributed by atoms with Gasteiger partial charge in [-0.3, -0.25) is 4.79 Å². The van der Waals surface area contributed by atoms with E-state index in [0.29, 0.717) is 0 Å². The summed E-state index contributed by atoms with van der Waals surface area (Å²) in [7, 11) is 0. The highest BCUT2D eigenvalue weighted by molar-refractivity contribution is 5.81. The van der Waals surface area contributed by atoms with E-state index in [4.69, 9.17) is 5.11 Å². The third-order valence-electron chi connectivity index (χ3n) is 4.73. The Morgan fingerprint density at radius 1 is 1.15 bits per heavy atom. The van der Waals surface area contributed by atoms with Crippen molar-refractivity contribution in [2.24, 2.45) is 0 Å². The molecule has 5 nitrogen and oxygen atoms in total. The van der Waals surface area contributed by atoms with Crippen molar-refractivity contribution in [2.75, 3.05) is 6.54 Å². The molecule has 0 heterocycles. The second-order valence-electron chi connectivity index (χ2n) is 5.73. The molecule has 0 spiro atoms. The molecule has 0 bridgehead atoms. The summed E-state index contributed by atoms with van der Waals surface area (Å²) in [5.41, 5.74) is -0.216. The molecule has 20 heavy (non-hydrogen) atoms. The highest BCUT2D eigenvalue weighted by atomic mass is 16.4.